The molecule has 19 heavy (non-hydrogen) atoms. The van der Waals surface area contributed by atoms with Crippen LogP contribution in [-0.4, -0.2) is 18.6 Å². The highest BCUT2D eigenvalue weighted by atomic mass is 79.9. The van der Waals surface area contributed by atoms with Crippen molar-refractivity contribution in [3.8, 4) is 5.75 Å². The van der Waals surface area contributed by atoms with Crippen LogP contribution in [0.25, 0.3) is 0 Å². The van der Waals surface area contributed by atoms with Gasteiger partial charge in [0, 0.05) is 12.1 Å². The minimum absolute atomic E-state index is 0.439. The fourth-order valence-corrected chi connectivity index (χ4v) is 2.21. The lowest BCUT2D eigenvalue weighted by molar-refractivity contribution is -0.124. The number of para-hydroxylation sites is 1. The summed E-state index contributed by atoms with van der Waals surface area (Å²) in [5, 5.41) is 3.32. The van der Waals surface area contributed by atoms with E-state index < -0.39 is 12.0 Å². The molecule has 0 saturated heterocycles. The Balaban J connectivity index is 2.87. The third-order valence-electron chi connectivity index (χ3n) is 2.74. The van der Waals surface area contributed by atoms with E-state index >= 15 is 0 Å². The summed E-state index contributed by atoms with van der Waals surface area (Å²) in [7, 11) is 0. The van der Waals surface area contributed by atoms with Crippen LogP contribution in [0.15, 0.2) is 22.7 Å². The predicted molar refractivity (Wildman–Crippen MR) is 80.0 cm³/mol. The zero-order chi connectivity index (χ0) is 14.3. The summed E-state index contributed by atoms with van der Waals surface area (Å²) in [6, 6.07) is 5.83. The molecule has 3 N–H and O–H groups in total. The highest BCUT2D eigenvalue weighted by molar-refractivity contribution is 9.10. The van der Waals surface area contributed by atoms with Crippen molar-refractivity contribution in [3.05, 3.63) is 28.2 Å². The molecule has 0 aliphatic heterocycles. The SMILES string of the molecule is CCCNCc1cccc(Br)c1OC(CC)C(N)=O. The topological polar surface area (TPSA) is 64.3 Å². The van der Waals surface area contributed by atoms with E-state index in [0.29, 0.717) is 18.7 Å². The van der Waals surface area contributed by atoms with Gasteiger partial charge in [-0.25, -0.2) is 0 Å². The van der Waals surface area contributed by atoms with Crippen LogP contribution in [0.1, 0.15) is 32.3 Å². The number of primary amides is 1. The van der Waals surface area contributed by atoms with Gasteiger partial charge in [-0.1, -0.05) is 26.0 Å². The third kappa shape index (κ3) is 4.84. The maximum atomic E-state index is 11.3. The van der Waals surface area contributed by atoms with Crippen molar-refractivity contribution in [1.82, 2.24) is 5.32 Å². The molecule has 1 amide bonds. The van der Waals surface area contributed by atoms with Crippen molar-refractivity contribution < 1.29 is 9.53 Å². The Bertz CT molecular complexity index is 424. The fraction of sp³-hybridized carbons (Fsp3) is 0.500. The molecule has 0 aromatic heterocycles. The summed E-state index contributed by atoms with van der Waals surface area (Å²) < 4.78 is 6.59. The first kappa shape index (κ1) is 16.0. The van der Waals surface area contributed by atoms with Gasteiger partial charge in [-0.15, -0.1) is 0 Å². The number of halogens is 1. The maximum Gasteiger partial charge on any atom is 0.258 e. The molecule has 0 spiro atoms. The monoisotopic (exact) mass is 328 g/mol. The van der Waals surface area contributed by atoms with Gasteiger partial charge in [0.05, 0.1) is 4.47 Å². The Kier molecular flexibility index (Phi) is 6.87. The average Bonchev–Trinajstić information content (AvgIpc) is 2.38. The molecule has 1 rings (SSSR count). The number of carbonyl (C=O) groups excluding carboxylic acids is 1. The molecule has 4 nitrogen and oxygen atoms in total. The molecule has 0 aliphatic carbocycles. The van der Waals surface area contributed by atoms with Crippen LogP contribution in [-0.2, 0) is 11.3 Å². The molecular formula is C14H21BrN2O2. The van der Waals surface area contributed by atoms with Crippen molar-refractivity contribution in [2.75, 3.05) is 6.54 Å². The zero-order valence-electron chi connectivity index (χ0n) is 11.4. The summed E-state index contributed by atoms with van der Waals surface area (Å²) in [4.78, 5) is 11.3. The second-order valence-electron chi connectivity index (χ2n) is 4.32. The summed E-state index contributed by atoms with van der Waals surface area (Å²) in [6.45, 7) is 5.64. The molecule has 0 radical (unpaired) electrons. The third-order valence-corrected chi connectivity index (χ3v) is 3.36. The maximum absolute atomic E-state index is 11.3. The lowest BCUT2D eigenvalue weighted by atomic mass is 10.2. The van der Waals surface area contributed by atoms with E-state index in [2.05, 4.69) is 28.2 Å². The predicted octanol–water partition coefficient (Wildman–Crippen LogP) is 2.59. The number of nitrogens with one attached hydrogen (secondary N) is 1. The molecule has 5 heteroatoms. The lowest BCUT2D eigenvalue weighted by Crippen LogP contribution is -2.33. The number of hydrogen-bond donors (Lipinski definition) is 2. The van der Waals surface area contributed by atoms with Crippen molar-refractivity contribution >= 4 is 21.8 Å². The van der Waals surface area contributed by atoms with Crippen LogP contribution in [0.3, 0.4) is 0 Å². The Labute approximate surface area is 122 Å². The van der Waals surface area contributed by atoms with Crippen LogP contribution >= 0.6 is 15.9 Å². The number of amides is 1. The molecule has 0 aliphatic rings. The number of carbonyl (C=O) groups is 1. The largest absolute Gasteiger partial charge is 0.479 e. The number of benzene rings is 1. The van der Waals surface area contributed by atoms with Crippen LogP contribution < -0.4 is 15.8 Å². The van der Waals surface area contributed by atoms with Crippen LogP contribution in [0, 0.1) is 0 Å². The molecule has 0 saturated carbocycles. The summed E-state index contributed by atoms with van der Waals surface area (Å²) in [5.74, 6) is 0.252. The van der Waals surface area contributed by atoms with Gasteiger partial charge in [0.1, 0.15) is 5.75 Å². The van der Waals surface area contributed by atoms with Crippen LogP contribution in [0.5, 0.6) is 5.75 Å². The Morgan fingerprint density at radius 3 is 2.79 bits per heavy atom. The van der Waals surface area contributed by atoms with E-state index in [4.69, 9.17) is 10.5 Å². The standard InChI is InChI=1S/C14H21BrN2O2/c1-3-8-17-9-10-6-5-7-11(15)13(10)19-12(4-2)14(16)18/h5-7,12,17H,3-4,8-9H2,1-2H3,(H2,16,18). The highest BCUT2D eigenvalue weighted by Gasteiger charge is 2.18. The molecule has 1 aromatic rings. The minimum atomic E-state index is -0.594. The molecular weight excluding hydrogens is 308 g/mol. The number of ether oxygens (including phenoxy) is 1. The Morgan fingerprint density at radius 1 is 1.47 bits per heavy atom. The number of nitrogens with two attached hydrogens (primary N) is 1. The fourth-order valence-electron chi connectivity index (χ4n) is 1.71. The van der Waals surface area contributed by atoms with Crippen LogP contribution in [0.2, 0.25) is 0 Å². The van der Waals surface area contributed by atoms with Crippen LogP contribution in [0.4, 0.5) is 0 Å². The van der Waals surface area contributed by atoms with Crippen molar-refractivity contribution in [1.29, 1.82) is 0 Å². The second kappa shape index (κ2) is 8.17. The molecule has 1 unspecified atom stereocenters. The molecule has 0 bridgehead atoms. The quantitative estimate of drug-likeness (QED) is 0.721. The Hall–Kier alpha value is -1.07. The van der Waals surface area contributed by atoms with Gasteiger partial charge in [-0.2, -0.15) is 0 Å². The molecule has 106 valence electrons. The van der Waals surface area contributed by atoms with Crippen molar-refractivity contribution in [2.24, 2.45) is 5.73 Å². The Morgan fingerprint density at radius 2 is 2.21 bits per heavy atom. The van der Waals surface area contributed by atoms with E-state index in [1.54, 1.807) is 0 Å². The summed E-state index contributed by atoms with van der Waals surface area (Å²) in [6.07, 6.45) is 1.03. The molecule has 0 heterocycles. The number of rotatable bonds is 8. The first-order valence-corrected chi connectivity index (χ1v) is 7.33. The average molecular weight is 329 g/mol. The smallest absolute Gasteiger partial charge is 0.258 e. The van der Waals surface area contributed by atoms with E-state index in [0.717, 1.165) is 23.0 Å². The van der Waals surface area contributed by atoms with E-state index in [1.807, 2.05) is 25.1 Å². The first-order valence-electron chi connectivity index (χ1n) is 6.54. The van der Waals surface area contributed by atoms with Crippen molar-refractivity contribution in [3.63, 3.8) is 0 Å². The molecule has 1 aromatic carbocycles. The van der Waals surface area contributed by atoms with Gasteiger partial charge >= 0.3 is 0 Å². The zero-order valence-corrected chi connectivity index (χ0v) is 13.0. The van der Waals surface area contributed by atoms with Gasteiger partial charge in [-0.3, -0.25) is 4.79 Å². The minimum Gasteiger partial charge on any atom is -0.479 e. The number of hydrogen-bond acceptors (Lipinski definition) is 3. The van der Waals surface area contributed by atoms with Gasteiger partial charge in [0.25, 0.3) is 5.91 Å². The van der Waals surface area contributed by atoms with Gasteiger partial charge in [-0.05, 0) is 41.4 Å². The second-order valence-corrected chi connectivity index (χ2v) is 5.18. The van der Waals surface area contributed by atoms with E-state index in [-0.39, 0.29) is 0 Å². The lowest BCUT2D eigenvalue weighted by Gasteiger charge is -2.18. The van der Waals surface area contributed by atoms with Gasteiger partial charge < -0.3 is 15.8 Å². The van der Waals surface area contributed by atoms with Gasteiger partial charge in [0.2, 0.25) is 0 Å². The van der Waals surface area contributed by atoms with E-state index in [9.17, 15) is 4.79 Å². The van der Waals surface area contributed by atoms with E-state index in [1.165, 1.54) is 0 Å². The summed E-state index contributed by atoms with van der Waals surface area (Å²) >= 11 is 3.46. The normalized spacial score (nSPS) is 12.2. The molecule has 1 atom stereocenters. The van der Waals surface area contributed by atoms with Gasteiger partial charge in [0.15, 0.2) is 6.10 Å². The van der Waals surface area contributed by atoms with Crippen molar-refractivity contribution in [2.45, 2.75) is 39.3 Å². The highest BCUT2D eigenvalue weighted by Crippen LogP contribution is 2.30. The molecule has 0 fully saturated rings. The summed E-state index contributed by atoms with van der Waals surface area (Å²) in [5.41, 5.74) is 6.34. The first-order chi connectivity index (χ1) is 9.10.